The van der Waals surface area contributed by atoms with Crippen LogP contribution in [0.3, 0.4) is 0 Å². The average Bonchev–Trinajstić information content (AvgIpc) is 3.15. The number of hydrogen-bond donors (Lipinski definition) is 3. The van der Waals surface area contributed by atoms with Gasteiger partial charge in [-0.25, -0.2) is 18.6 Å². The van der Waals surface area contributed by atoms with Crippen LogP contribution in [0.1, 0.15) is 17.0 Å². The van der Waals surface area contributed by atoms with Gasteiger partial charge in [0, 0.05) is 18.7 Å². The summed E-state index contributed by atoms with van der Waals surface area (Å²) in [5.74, 6) is 0.268. The Morgan fingerprint density at radius 2 is 1.53 bits per heavy atom. The van der Waals surface area contributed by atoms with Crippen molar-refractivity contribution < 1.29 is 13.6 Å². The maximum absolute atomic E-state index is 13.0. The molecule has 0 aliphatic carbocycles. The van der Waals surface area contributed by atoms with E-state index in [1.54, 1.807) is 30.3 Å². The maximum Gasteiger partial charge on any atom is 0.319 e. The monoisotopic (exact) mass is 406 g/mol. The Morgan fingerprint density at radius 1 is 0.867 bits per heavy atom. The first-order chi connectivity index (χ1) is 14.5. The smallest absolute Gasteiger partial charge is 0.319 e. The summed E-state index contributed by atoms with van der Waals surface area (Å²) in [7, 11) is 0. The highest BCUT2D eigenvalue weighted by Gasteiger charge is 2.07. The molecule has 0 aliphatic rings. The summed E-state index contributed by atoms with van der Waals surface area (Å²) in [6.07, 6.45) is 1.44. The molecule has 0 fully saturated rings. The molecular weight excluding hydrogens is 386 g/mol. The number of H-pyrrole nitrogens is 1. The SMILES string of the molecule is O=C(NCc1ccc(F)cc1)Nc1ccc2nc(CCc3ccc(F)cc3)[nH]c2c1. The van der Waals surface area contributed by atoms with Crippen molar-refractivity contribution in [3.05, 3.63) is 95.3 Å². The number of amides is 2. The van der Waals surface area contributed by atoms with Crippen LogP contribution in [0.2, 0.25) is 0 Å². The number of hydrogen-bond acceptors (Lipinski definition) is 2. The number of aromatic amines is 1. The molecule has 0 atom stereocenters. The van der Waals surface area contributed by atoms with Crippen molar-refractivity contribution in [3.63, 3.8) is 0 Å². The highest BCUT2D eigenvalue weighted by atomic mass is 19.1. The summed E-state index contributed by atoms with van der Waals surface area (Å²) < 4.78 is 25.9. The van der Waals surface area contributed by atoms with E-state index in [0.717, 1.165) is 34.4 Å². The van der Waals surface area contributed by atoms with Crippen molar-refractivity contribution in [1.82, 2.24) is 15.3 Å². The fourth-order valence-electron chi connectivity index (χ4n) is 3.13. The van der Waals surface area contributed by atoms with E-state index in [1.165, 1.54) is 24.3 Å². The number of fused-ring (bicyclic) bond motifs is 1. The molecule has 0 bridgehead atoms. The Morgan fingerprint density at radius 3 is 2.23 bits per heavy atom. The highest BCUT2D eigenvalue weighted by Crippen LogP contribution is 2.18. The van der Waals surface area contributed by atoms with Crippen LogP contribution in [0, 0.1) is 11.6 Å². The number of benzene rings is 3. The number of nitrogens with zero attached hydrogens (tertiary/aromatic N) is 1. The van der Waals surface area contributed by atoms with Crippen LogP contribution in [0.15, 0.2) is 66.7 Å². The fraction of sp³-hybridized carbons (Fsp3) is 0.130. The minimum atomic E-state index is -0.352. The fourth-order valence-corrected chi connectivity index (χ4v) is 3.13. The average molecular weight is 406 g/mol. The van der Waals surface area contributed by atoms with Crippen molar-refractivity contribution in [2.75, 3.05) is 5.32 Å². The van der Waals surface area contributed by atoms with E-state index in [4.69, 9.17) is 0 Å². The molecule has 3 N–H and O–H groups in total. The standard InChI is InChI=1S/C23H20F2N4O/c24-17-6-1-15(2-7-17)5-12-22-28-20-11-10-19(13-21(20)29-22)27-23(30)26-14-16-3-8-18(25)9-4-16/h1-4,6-11,13H,5,12,14H2,(H,28,29)(H2,26,27,30). The van der Waals surface area contributed by atoms with Gasteiger partial charge in [0.25, 0.3) is 0 Å². The van der Waals surface area contributed by atoms with Gasteiger partial charge in [0.05, 0.1) is 11.0 Å². The summed E-state index contributed by atoms with van der Waals surface area (Å²) in [5, 5.41) is 5.52. The predicted molar refractivity (Wildman–Crippen MR) is 112 cm³/mol. The van der Waals surface area contributed by atoms with Crippen molar-refractivity contribution in [2.24, 2.45) is 0 Å². The van der Waals surface area contributed by atoms with Crippen molar-refractivity contribution >= 4 is 22.8 Å². The molecule has 5 nitrogen and oxygen atoms in total. The quantitative estimate of drug-likeness (QED) is 0.424. The maximum atomic E-state index is 13.0. The second-order valence-electron chi connectivity index (χ2n) is 6.98. The number of carbonyl (C=O) groups is 1. The first kappa shape index (κ1) is 19.6. The largest absolute Gasteiger partial charge is 0.342 e. The van der Waals surface area contributed by atoms with Gasteiger partial charge in [0.15, 0.2) is 0 Å². The number of anilines is 1. The molecule has 30 heavy (non-hydrogen) atoms. The van der Waals surface area contributed by atoms with Crippen LogP contribution in [0.25, 0.3) is 11.0 Å². The number of aromatic nitrogens is 2. The third-order valence-corrected chi connectivity index (χ3v) is 4.72. The number of nitrogens with one attached hydrogen (secondary N) is 3. The molecule has 4 aromatic rings. The van der Waals surface area contributed by atoms with E-state index < -0.39 is 0 Å². The van der Waals surface area contributed by atoms with Gasteiger partial charge in [-0.15, -0.1) is 0 Å². The molecule has 7 heteroatoms. The predicted octanol–water partition coefficient (Wildman–Crippen LogP) is 4.95. The molecule has 4 rings (SSSR count). The molecule has 0 saturated carbocycles. The third-order valence-electron chi connectivity index (χ3n) is 4.72. The van der Waals surface area contributed by atoms with E-state index in [-0.39, 0.29) is 17.7 Å². The van der Waals surface area contributed by atoms with Gasteiger partial charge >= 0.3 is 6.03 Å². The lowest BCUT2D eigenvalue weighted by molar-refractivity contribution is 0.251. The molecule has 0 aliphatic heterocycles. The second kappa shape index (κ2) is 8.73. The summed E-state index contributed by atoms with van der Waals surface area (Å²) in [6.45, 7) is 0.298. The normalized spacial score (nSPS) is 10.9. The van der Waals surface area contributed by atoms with Gasteiger partial charge in [-0.3, -0.25) is 0 Å². The van der Waals surface area contributed by atoms with Crippen molar-refractivity contribution in [2.45, 2.75) is 19.4 Å². The Bertz CT molecular complexity index is 1150. The van der Waals surface area contributed by atoms with Crippen LogP contribution in [-0.2, 0) is 19.4 Å². The molecule has 0 radical (unpaired) electrons. The minimum Gasteiger partial charge on any atom is -0.342 e. The zero-order valence-electron chi connectivity index (χ0n) is 16.1. The summed E-state index contributed by atoms with van der Waals surface area (Å²) in [5.41, 5.74) is 4.10. The van der Waals surface area contributed by atoms with Gasteiger partial charge in [-0.1, -0.05) is 24.3 Å². The molecule has 3 aromatic carbocycles. The van der Waals surface area contributed by atoms with Crippen LogP contribution >= 0.6 is 0 Å². The molecule has 2 amide bonds. The van der Waals surface area contributed by atoms with Gasteiger partial charge in [0.1, 0.15) is 17.5 Å². The summed E-state index contributed by atoms with van der Waals surface area (Å²) in [4.78, 5) is 20.0. The minimum absolute atomic E-state index is 0.246. The topological polar surface area (TPSA) is 69.8 Å². The molecule has 0 saturated heterocycles. The lowest BCUT2D eigenvalue weighted by Crippen LogP contribution is -2.28. The highest BCUT2D eigenvalue weighted by molar-refractivity contribution is 5.91. The number of halogens is 2. The van der Waals surface area contributed by atoms with E-state index in [0.29, 0.717) is 18.7 Å². The lowest BCUT2D eigenvalue weighted by atomic mass is 10.1. The number of imidazole rings is 1. The van der Waals surface area contributed by atoms with Gasteiger partial charge in [-0.2, -0.15) is 0 Å². The number of urea groups is 1. The number of aryl methyl sites for hydroxylation is 2. The van der Waals surface area contributed by atoms with Gasteiger partial charge in [0.2, 0.25) is 0 Å². The molecular formula is C23H20F2N4O. The Labute approximate surface area is 172 Å². The van der Waals surface area contributed by atoms with E-state index in [9.17, 15) is 13.6 Å². The first-order valence-corrected chi connectivity index (χ1v) is 9.57. The summed E-state index contributed by atoms with van der Waals surface area (Å²) >= 11 is 0. The Balaban J connectivity index is 1.35. The van der Waals surface area contributed by atoms with E-state index in [1.807, 2.05) is 12.1 Å². The number of rotatable bonds is 6. The van der Waals surface area contributed by atoms with Gasteiger partial charge in [-0.05, 0) is 60.0 Å². The molecule has 0 spiro atoms. The number of carbonyl (C=O) groups excluding carboxylic acids is 1. The van der Waals surface area contributed by atoms with Crippen molar-refractivity contribution in [3.8, 4) is 0 Å². The molecule has 1 heterocycles. The molecule has 1 aromatic heterocycles. The Hall–Kier alpha value is -3.74. The van der Waals surface area contributed by atoms with E-state index in [2.05, 4.69) is 20.6 Å². The lowest BCUT2D eigenvalue weighted by Gasteiger charge is -2.07. The summed E-state index contributed by atoms with van der Waals surface area (Å²) in [6, 6.07) is 17.5. The van der Waals surface area contributed by atoms with Crippen LogP contribution in [0.5, 0.6) is 0 Å². The zero-order valence-corrected chi connectivity index (χ0v) is 16.1. The third kappa shape index (κ3) is 5.00. The van der Waals surface area contributed by atoms with E-state index >= 15 is 0 Å². The Kier molecular flexibility index (Phi) is 5.70. The second-order valence-corrected chi connectivity index (χ2v) is 6.98. The first-order valence-electron chi connectivity index (χ1n) is 9.57. The zero-order chi connectivity index (χ0) is 20.9. The van der Waals surface area contributed by atoms with Crippen LogP contribution in [0.4, 0.5) is 19.3 Å². The van der Waals surface area contributed by atoms with Crippen LogP contribution in [-0.4, -0.2) is 16.0 Å². The molecule has 0 unspecified atom stereocenters. The molecule has 152 valence electrons. The van der Waals surface area contributed by atoms with Crippen LogP contribution < -0.4 is 10.6 Å². The van der Waals surface area contributed by atoms with Crippen molar-refractivity contribution in [1.29, 1.82) is 0 Å². The van der Waals surface area contributed by atoms with Gasteiger partial charge < -0.3 is 15.6 Å².